The number of carbonyl (C=O) groups is 2. The van der Waals surface area contributed by atoms with Gasteiger partial charge in [-0.1, -0.05) is 0 Å². The van der Waals surface area contributed by atoms with E-state index < -0.39 is 11.9 Å². The summed E-state index contributed by atoms with van der Waals surface area (Å²) in [4.78, 5) is 19.5. The second-order valence-corrected chi connectivity index (χ2v) is 1.93. The molecule has 0 aromatic rings. The number of alkyl halides is 2. The third-order valence-electron chi connectivity index (χ3n) is 0.450. The summed E-state index contributed by atoms with van der Waals surface area (Å²) in [6, 6.07) is 0. The largest absolute Gasteiger partial charge is 0.473 e. The number of hydrogen-bond donors (Lipinski definition) is 1. The van der Waals surface area contributed by atoms with Gasteiger partial charge in [-0.3, -0.25) is 0 Å². The maximum Gasteiger partial charge on any atom is 0.417 e. The summed E-state index contributed by atoms with van der Waals surface area (Å²) in [6.45, 7) is 1.64. The van der Waals surface area contributed by atoms with E-state index in [4.69, 9.17) is 28.3 Å². The van der Waals surface area contributed by atoms with E-state index in [-0.39, 0.29) is 11.9 Å². The number of ether oxygens (including phenoxy) is 1. The average molecular weight is 203 g/mol. The second kappa shape index (κ2) is 9.52. The first kappa shape index (κ1) is 13.1. The lowest BCUT2D eigenvalue weighted by atomic mass is 10.7. The molecule has 0 saturated heterocycles. The van der Waals surface area contributed by atoms with Crippen molar-refractivity contribution < 1.29 is 19.4 Å². The average Bonchev–Trinajstić information content (AvgIpc) is 1.90. The molecule has 0 rings (SSSR count). The molecule has 0 bridgehead atoms. The summed E-state index contributed by atoms with van der Waals surface area (Å²) in [5, 5.41) is 8.03. The zero-order valence-corrected chi connectivity index (χ0v) is 7.35. The van der Waals surface area contributed by atoms with Crippen molar-refractivity contribution in [2.75, 3.05) is 11.9 Å². The number of carbonyl (C=O) groups excluding carboxylic acids is 1. The molecule has 0 aliphatic carbocycles. The van der Waals surface area contributed by atoms with Crippen molar-refractivity contribution in [3.63, 3.8) is 0 Å². The van der Waals surface area contributed by atoms with E-state index in [9.17, 15) is 9.59 Å². The van der Waals surface area contributed by atoms with E-state index >= 15 is 0 Å². The summed E-state index contributed by atoms with van der Waals surface area (Å²) < 4.78 is 4.06. The summed E-state index contributed by atoms with van der Waals surface area (Å²) in [5.41, 5.74) is 0. The molecule has 0 saturated carbocycles. The lowest BCUT2D eigenvalue weighted by Gasteiger charge is -1.91. The SMILES string of the molecule is CCOC(=O)C(=O)O.ClCCl. The molecule has 0 heterocycles. The molecule has 0 atom stereocenters. The van der Waals surface area contributed by atoms with Crippen LogP contribution in [0, 0.1) is 0 Å². The molecule has 1 N–H and O–H groups in total. The highest BCUT2D eigenvalue weighted by atomic mass is 35.5. The second-order valence-electron chi connectivity index (χ2n) is 1.13. The van der Waals surface area contributed by atoms with Crippen molar-refractivity contribution in [3.8, 4) is 0 Å². The number of esters is 1. The molecule has 11 heavy (non-hydrogen) atoms. The minimum Gasteiger partial charge on any atom is -0.473 e. The topological polar surface area (TPSA) is 63.6 Å². The highest BCUT2D eigenvalue weighted by Gasteiger charge is 2.09. The van der Waals surface area contributed by atoms with E-state index in [1.165, 1.54) is 0 Å². The standard InChI is InChI=1S/C4H6O4.CH2Cl2/c1-2-8-4(7)3(5)6;2-1-3/h2H2,1H3,(H,5,6);1H2. The molecule has 6 heteroatoms. The van der Waals surface area contributed by atoms with Crippen LogP contribution in [-0.2, 0) is 14.3 Å². The van der Waals surface area contributed by atoms with Crippen LogP contribution >= 0.6 is 23.2 Å². The highest BCUT2D eigenvalue weighted by Crippen LogP contribution is 1.74. The van der Waals surface area contributed by atoms with Crippen molar-refractivity contribution in [2.45, 2.75) is 6.92 Å². The summed E-state index contributed by atoms with van der Waals surface area (Å²) in [7, 11) is 0. The van der Waals surface area contributed by atoms with Crippen LogP contribution in [0.25, 0.3) is 0 Å². The third kappa shape index (κ3) is 12.7. The number of aliphatic carboxylic acids is 1. The van der Waals surface area contributed by atoms with Crippen LogP contribution in [0.5, 0.6) is 0 Å². The van der Waals surface area contributed by atoms with Gasteiger partial charge in [0.05, 0.1) is 11.9 Å². The summed E-state index contributed by atoms with van der Waals surface area (Å²) >= 11 is 9.53. The minimum atomic E-state index is -1.55. The van der Waals surface area contributed by atoms with Gasteiger partial charge in [0.25, 0.3) is 0 Å². The maximum absolute atomic E-state index is 9.92. The minimum absolute atomic E-state index is 0.102. The fourth-order valence-corrected chi connectivity index (χ4v) is 0.193. The molecule has 0 unspecified atom stereocenters. The molecule has 0 aliphatic rings. The molecule has 0 aliphatic heterocycles. The molecule has 0 radical (unpaired) electrons. The fourth-order valence-electron chi connectivity index (χ4n) is 0.193. The Morgan fingerprint density at radius 2 is 1.82 bits per heavy atom. The van der Waals surface area contributed by atoms with Gasteiger partial charge in [0.1, 0.15) is 0 Å². The van der Waals surface area contributed by atoms with Gasteiger partial charge in [0.15, 0.2) is 0 Å². The van der Waals surface area contributed by atoms with E-state index in [0.29, 0.717) is 0 Å². The quantitative estimate of drug-likeness (QED) is 0.393. The number of hydrogen-bond acceptors (Lipinski definition) is 3. The van der Waals surface area contributed by atoms with Gasteiger partial charge in [0.2, 0.25) is 0 Å². The van der Waals surface area contributed by atoms with Crippen molar-refractivity contribution in [2.24, 2.45) is 0 Å². The Kier molecular flexibility index (Phi) is 11.4. The lowest BCUT2D eigenvalue weighted by molar-refractivity contribution is -0.163. The van der Waals surface area contributed by atoms with Gasteiger partial charge in [-0.2, -0.15) is 0 Å². The van der Waals surface area contributed by atoms with Crippen molar-refractivity contribution in [1.82, 2.24) is 0 Å². The predicted octanol–water partition coefficient (Wildman–Crippen LogP) is 1.06. The highest BCUT2D eigenvalue weighted by molar-refractivity contribution is 6.40. The van der Waals surface area contributed by atoms with Gasteiger partial charge in [-0.25, -0.2) is 9.59 Å². The number of halogens is 2. The van der Waals surface area contributed by atoms with Gasteiger partial charge in [-0.15, -0.1) is 23.2 Å². The first-order valence-corrected chi connectivity index (χ1v) is 3.69. The fraction of sp³-hybridized carbons (Fsp3) is 0.600. The first-order valence-electron chi connectivity index (χ1n) is 2.62. The molecule has 4 nitrogen and oxygen atoms in total. The van der Waals surface area contributed by atoms with Crippen LogP contribution in [0.1, 0.15) is 6.92 Å². The van der Waals surface area contributed by atoms with Crippen LogP contribution in [-0.4, -0.2) is 29.0 Å². The van der Waals surface area contributed by atoms with Crippen LogP contribution in [0.4, 0.5) is 0 Å². The van der Waals surface area contributed by atoms with E-state index in [0.717, 1.165) is 0 Å². The predicted molar refractivity (Wildman–Crippen MR) is 40.8 cm³/mol. The Morgan fingerprint density at radius 3 is 1.91 bits per heavy atom. The Balaban J connectivity index is 0. The Hall–Kier alpha value is -0.480. The van der Waals surface area contributed by atoms with Gasteiger partial charge in [0, 0.05) is 0 Å². The van der Waals surface area contributed by atoms with Crippen molar-refractivity contribution in [3.05, 3.63) is 0 Å². The Morgan fingerprint density at radius 1 is 1.45 bits per heavy atom. The van der Waals surface area contributed by atoms with Gasteiger partial charge >= 0.3 is 11.9 Å². The van der Waals surface area contributed by atoms with Crippen molar-refractivity contribution in [1.29, 1.82) is 0 Å². The number of rotatable bonds is 1. The smallest absolute Gasteiger partial charge is 0.417 e. The monoisotopic (exact) mass is 202 g/mol. The Bertz CT molecular complexity index is 126. The number of carboxylic acids is 1. The van der Waals surface area contributed by atoms with Gasteiger partial charge < -0.3 is 9.84 Å². The first-order chi connectivity index (χ1) is 5.09. The molecular formula is C5H8Cl2O4. The molecule has 0 aromatic carbocycles. The lowest BCUT2D eigenvalue weighted by Crippen LogP contribution is -2.15. The van der Waals surface area contributed by atoms with Crippen LogP contribution in [0.15, 0.2) is 0 Å². The molecule has 0 aromatic heterocycles. The van der Waals surface area contributed by atoms with Crippen LogP contribution < -0.4 is 0 Å². The molecule has 0 fully saturated rings. The van der Waals surface area contributed by atoms with Crippen LogP contribution in [0.2, 0.25) is 0 Å². The zero-order valence-electron chi connectivity index (χ0n) is 5.84. The molecular weight excluding hydrogens is 195 g/mol. The number of carboxylic acid groups (broad SMARTS) is 1. The van der Waals surface area contributed by atoms with E-state index in [1.807, 2.05) is 0 Å². The summed E-state index contributed by atoms with van der Waals surface area (Å²) in [6.07, 6.45) is 0. The van der Waals surface area contributed by atoms with Crippen LogP contribution in [0.3, 0.4) is 0 Å². The van der Waals surface area contributed by atoms with E-state index in [2.05, 4.69) is 4.74 Å². The normalized spacial score (nSPS) is 7.55. The maximum atomic E-state index is 9.92. The van der Waals surface area contributed by atoms with Crippen molar-refractivity contribution >= 4 is 35.1 Å². The van der Waals surface area contributed by atoms with E-state index in [1.54, 1.807) is 6.92 Å². The molecule has 0 spiro atoms. The molecule has 66 valence electrons. The summed E-state index contributed by atoms with van der Waals surface area (Å²) in [5.74, 6) is -2.75. The third-order valence-corrected chi connectivity index (χ3v) is 0.450. The Labute approximate surface area is 74.0 Å². The molecule has 0 amide bonds. The van der Waals surface area contributed by atoms with Gasteiger partial charge in [-0.05, 0) is 6.92 Å². The zero-order chi connectivity index (χ0) is 9.28.